The molecule has 1 spiro atoms. The Labute approximate surface area is 158 Å². The first-order valence-corrected chi connectivity index (χ1v) is 9.73. The molecule has 4 aliphatic heterocycles. The fourth-order valence-corrected chi connectivity index (χ4v) is 6.90. The van der Waals surface area contributed by atoms with Gasteiger partial charge in [-0.3, -0.25) is 9.69 Å². The number of hydrogen-bond acceptors (Lipinski definition) is 6. The largest absolute Gasteiger partial charge is 0.497 e. The van der Waals surface area contributed by atoms with E-state index in [4.69, 9.17) is 14.2 Å². The predicted molar refractivity (Wildman–Crippen MR) is 98.4 cm³/mol. The van der Waals surface area contributed by atoms with Crippen LogP contribution in [0.4, 0.5) is 5.69 Å². The number of fused-ring (bicyclic) bond motifs is 4. The van der Waals surface area contributed by atoms with E-state index in [1.807, 2.05) is 6.07 Å². The molecule has 6 atom stereocenters. The van der Waals surface area contributed by atoms with Gasteiger partial charge in [-0.25, -0.2) is 0 Å². The van der Waals surface area contributed by atoms with Crippen LogP contribution in [0, 0.1) is 11.8 Å². The minimum absolute atomic E-state index is 0.0326. The first-order chi connectivity index (χ1) is 13.1. The second-order valence-corrected chi connectivity index (χ2v) is 8.41. The van der Waals surface area contributed by atoms with Crippen LogP contribution in [-0.2, 0) is 19.7 Å². The molecule has 0 amide bonds. The number of nitrogens with zero attached hydrogens (tertiary/aromatic N) is 1. The molecule has 1 saturated carbocycles. The van der Waals surface area contributed by atoms with Gasteiger partial charge in [-0.1, -0.05) is 11.6 Å². The van der Waals surface area contributed by atoms with Crippen LogP contribution in [0.1, 0.15) is 25.3 Å². The molecule has 1 aromatic rings. The lowest BCUT2D eigenvalue weighted by atomic mass is 9.49. The number of esters is 1. The number of anilines is 1. The van der Waals surface area contributed by atoms with Crippen LogP contribution < -0.4 is 10.1 Å². The van der Waals surface area contributed by atoms with Crippen LogP contribution in [0.5, 0.6) is 5.75 Å². The van der Waals surface area contributed by atoms with E-state index in [0.29, 0.717) is 0 Å². The van der Waals surface area contributed by atoms with Gasteiger partial charge in [-0.15, -0.1) is 0 Å². The van der Waals surface area contributed by atoms with Crippen LogP contribution in [-0.4, -0.2) is 49.6 Å². The molecular weight excluding hydrogens is 344 g/mol. The van der Waals surface area contributed by atoms with Crippen molar-refractivity contribution in [2.24, 2.45) is 11.8 Å². The summed E-state index contributed by atoms with van der Waals surface area (Å²) in [6.45, 7) is 2.96. The molecule has 6 heteroatoms. The Hall–Kier alpha value is -2.05. The highest BCUT2D eigenvalue weighted by Crippen LogP contribution is 2.72. The number of carbonyl (C=O) groups is 1. The smallest absolute Gasteiger partial charge is 0.310 e. The van der Waals surface area contributed by atoms with Gasteiger partial charge in [-0.2, -0.15) is 0 Å². The molecule has 1 aromatic carbocycles. The van der Waals surface area contributed by atoms with Gasteiger partial charge < -0.3 is 19.5 Å². The summed E-state index contributed by atoms with van der Waals surface area (Å²) in [5.41, 5.74) is 2.56. The molecule has 1 aliphatic carbocycles. The number of carbonyl (C=O) groups excluding carboxylic acids is 1. The fourth-order valence-electron chi connectivity index (χ4n) is 6.90. The van der Waals surface area contributed by atoms with Crippen molar-refractivity contribution in [3.63, 3.8) is 0 Å². The zero-order valence-corrected chi connectivity index (χ0v) is 15.8. The van der Waals surface area contributed by atoms with Crippen molar-refractivity contribution in [3.05, 3.63) is 35.4 Å². The summed E-state index contributed by atoms with van der Waals surface area (Å²) in [5, 5.41) is 3.73. The quantitative estimate of drug-likeness (QED) is 0.638. The first kappa shape index (κ1) is 16.0. The highest BCUT2D eigenvalue weighted by Gasteiger charge is 2.82. The Morgan fingerprint density at radius 2 is 2.26 bits per heavy atom. The van der Waals surface area contributed by atoms with Gasteiger partial charge in [0, 0.05) is 18.7 Å². The molecule has 5 aliphatic rings. The van der Waals surface area contributed by atoms with Crippen molar-refractivity contribution in [1.29, 1.82) is 0 Å². The Morgan fingerprint density at radius 1 is 1.41 bits per heavy atom. The first-order valence-electron chi connectivity index (χ1n) is 9.73. The summed E-state index contributed by atoms with van der Waals surface area (Å²) in [6, 6.07) is 6.39. The van der Waals surface area contributed by atoms with Gasteiger partial charge in [0.25, 0.3) is 0 Å². The molecule has 1 unspecified atom stereocenters. The van der Waals surface area contributed by atoms with Gasteiger partial charge in [0.1, 0.15) is 12.0 Å². The second-order valence-electron chi connectivity index (χ2n) is 8.41. The molecule has 0 radical (unpaired) electrons. The standard InChI is InChI=1S/C21H24N2O4/c1-4-11-10-23-16-8-13(11)18(19(24)26-3)20-9-17(23)27-21(16,20)22-15-6-5-12(25-2)7-14(15)20/h4-7,13,16-18,22H,8-10H2,1-3H3/b11-4-/t13-,16-,17-,18?,20-,21-/m0/s1. The molecule has 6 rings (SSSR count). The summed E-state index contributed by atoms with van der Waals surface area (Å²) in [6.07, 6.45) is 3.96. The highest BCUT2D eigenvalue weighted by molar-refractivity contribution is 5.81. The zero-order valence-electron chi connectivity index (χ0n) is 15.8. The van der Waals surface area contributed by atoms with Crippen LogP contribution in [0.3, 0.4) is 0 Å². The van der Waals surface area contributed by atoms with Gasteiger partial charge in [0.15, 0.2) is 5.72 Å². The zero-order chi connectivity index (χ0) is 18.6. The number of nitrogens with one attached hydrogen (secondary N) is 1. The molecule has 1 N–H and O–H groups in total. The van der Waals surface area contributed by atoms with Crippen molar-refractivity contribution < 1.29 is 19.0 Å². The van der Waals surface area contributed by atoms with Crippen LogP contribution >= 0.6 is 0 Å². The highest BCUT2D eigenvalue weighted by atomic mass is 16.6. The van der Waals surface area contributed by atoms with E-state index in [1.165, 1.54) is 12.7 Å². The van der Waals surface area contributed by atoms with E-state index in [0.717, 1.165) is 36.4 Å². The molecule has 4 heterocycles. The average Bonchev–Trinajstić information content (AvgIpc) is 3.29. The Bertz CT molecular complexity index is 898. The summed E-state index contributed by atoms with van der Waals surface area (Å²) < 4.78 is 17.6. The number of allylic oxidation sites excluding steroid dienone is 1. The van der Waals surface area contributed by atoms with Gasteiger partial charge in [0.2, 0.25) is 0 Å². The SMILES string of the molecule is C/C=C1/CN2[C@@H]3C[C@@]45c6cc(OC)ccc6N[C@]4(O3)[C@@H]2C[C@@H]1C5C(=O)OC. The number of benzene rings is 1. The Balaban J connectivity index is 1.65. The number of rotatable bonds is 2. The van der Waals surface area contributed by atoms with E-state index in [2.05, 4.69) is 35.3 Å². The monoisotopic (exact) mass is 368 g/mol. The van der Waals surface area contributed by atoms with Gasteiger partial charge in [0.05, 0.1) is 31.6 Å². The average molecular weight is 368 g/mol. The van der Waals surface area contributed by atoms with Gasteiger partial charge >= 0.3 is 5.97 Å². The molecule has 0 aromatic heterocycles. The van der Waals surface area contributed by atoms with Crippen molar-refractivity contribution >= 4 is 11.7 Å². The van der Waals surface area contributed by atoms with E-state index >= 15 is 0 Å². The van der Waals surface area contributed by atoms with Crippen molar-refractivity contribution in [1.82, 2.24) is 4.90 Å². The maximum absolute atomic E-state index is 13.2. The van der Waals surface area contributed by atoms with Crippen molar-refractivity contribution in [2.45, 2.75) is 43.2 Å². The maximum Gasteiger partial charge on any atom is 0.310 e. The van der Waals surface area contributed by atoms with Gasteiger partial charge in [-0.05, 0) is 43.0 Å². The summed E-state index contributed by atoms with van der Waals surface area (Å²) >= 11 is 0. The topological polar surface area (TPSA) is 60.0 Å². The summed E-state index contributed by atoms with van der Waals surface area (Å²) in [7, 11) is 3.19. The molecular formula is C21H24N2O4. The molecule has 3 saturated heterocycles. The van der Waals surface area contributed by atoms with Crippen molar-refractivity contribution in [3.8, 4) is 5.75 Å². The minimum Gasteiger partial charge on any atom is -0.497 e. The molecule has 27 heavy (non-hydrogen) atoms. The Morgan fingerprint density at radius 3 is 3.00 bits per heavy atom. The lowest BCUT2D eigenvalue weighted by Gasteiger charge is -2.60. The number of methoxy groups -OCH3 is 2. The van der Waals surface area contributed by atoms with Crippen LogP contribution in [0.15, 0.2) is 29.8 Å². The molecule has 4 fully saturated rings. The van der Waals surface area contributed by atoms with E-state index < -0.39 is 11.1 Å². The Kier molecular flexibility index (Phi) is 2.87. The van der Waals surface area contributed by atoms with E-state index in [1.54, 1.807) is 7.11 Å². The third-order valence-electron chi connectivity index (χ3n) is 7.83. The number of ether oxygens (including phenoxy) is 3. The van der Waals surface area contributed by atoms with E-state index in [-0.39, 0.29) is 30.1 Å². The number of hydrogen-bond donors (Lipinski definition) is 1. The van der Waals surface area contributed by atoms with Crippen LogP contribution in [0.25, 0.3) is 0 Å². The maximum atomic E-state index is 13.2. The lowest BCUT2D eigenvalue weighted by Crippen LogP contribution is -2.73. The summed E-state index contributed by atoms with van der Waals surface area (Å²) in [4.78, 5) is 15.7. The third-order valence-corrected chi connectivity index (χ3v) is 7.83. The predicted octanol–water partition coefficient (Wildman–Crippen LogP) is 2.25. The summed E-state index contributed by atoms with van der Waals surface area (Å²) in [5.74, 6) is 0.628. The minimum atomic E-state index is -0.555. The number of piperidine rings is 2. The lowest BCUT2D eigenvalue weighted by molar-refractivity contribution is -0.161. The third kappa shape index (κ3) is 1.53. The van der Waals surface area contributed by atoms with E-state index in [9.17, 15) is 4.79 Å². The normalized spacial score (nSPS) is 44.2. The molecule has 4 bridgehead atoms. The molecule has 142 valence electrons. The van der Waals surface area contributed by atoms with Crippen molar-refractivity contribution in [2.75, 3.05) is 26.1 Å². The fraction of sp³-hybridized carbons (Fsp3) is 0.571. The van der Waals surface area contributed by atoms with Crippen LogP contribution in [0.2, 0.25) is 0 Å². The molecule has 6 nitrogen and oxygen atoms in total. The second kappa shape index (κ2) is 4.86.